The number of hydrogen-bond acceptors (Lipinski definition) is 4. The van der Waals surface area contributed by atoms with Gasteiger partial charge in [-0.1, -0.05) is 0 Å². The van der Waals surface area contributed by atoms with Crippen molar-refractivity contribution in [3.05, 3.63) is 21.9 Å². The van der Waals surface area contributed by atoms with Gasteiger partial charge in [-0.2, -0.15) is 5.26 Å². The molecule has 90 valence electrons. The number of nitrogens with zero attached hydrogens (tertiary/aromatic N) is 1. The Morgan fingerprint density at radius 1 is 1.47 bits per heavy atom. The normalized spacial score (nSPS) is 30.6. The van der Waals surface area contributed by atoms with Crippen molar-refractivity contribution < 1.29 is 4.74 Å². The standard InChI is InChI=1S/C13H16N2OS/c14-6-11-2-3-12(17-11)8-15-7-9-5-10-1-4-13(9)16-10/h2-3,9-10,13,15H,1,4-5,7-8H2. The van der Waals surface area contributed by atoms with Crippen LogP contribution < -0.4 is 5.32 Å². The molecule has 3 atom stereocenters. The number of nitriles is 1. The lowest BCUT2D eigenvalue weighted by atomic mass is 9.89. The molecule has 17 heavy (non-hydrogen) atoms. The summed E-state index contributed by atoms with van der Waals surface area (Å²) in [5, 5.41) is 12.2. The summed E-state index contributed by atoms with van der Waals surface area (Å²) in [6, 6.07) is 6.10. The molecule has 0 aliphatic carbocycles. The minimum atomic E-state index is 0.505. The number of ether oxygens (including phenoxy) is 1. The van der Waals surface area contributed by atoms with E-state index in [1.54, 1.807) is 11.3 Å². The van der Waals surface area contributed by atoms with Gasteiger partial charge in [0, 0.05) is 23.9 Å². The highest BCUT2D eigenvalue weighted by atomic mass is 32.1. The molecular formula is C13H16N2OS. The van der Waals surface area contributed by atoms with Gasteiger partial charge in [0.25, 0.3) is 0 Å². The van der Waals surface area contributed by atoms with Gasteiger partial charge in [0.2, 0.25) is 0 Å². The predicted octanol–water partition coefficient (Wildman–Crippen LogP) is 2.28. The molecule has 1 aromatic heterocycles. The first-order valence-electron chi connectivity index (χ1n) is 6.20. The minimum absolute atomic E-state index is 0.505. The molecule has 2 fully saturated rings. The molecule has 0 spiro atoms. The average molecular weight is 248 g/mol. The Labute approximate surface area is 105 Å². The van der Waals surface area contributed by atoms with Gasteiger partial charge in [0.05, 0.1) is 12.2 Å². The minimum Gasteiger partial charge on any atom is -0.375 e. The molecule has 3 heterocycles. The van der Waals surface area contributed by atoms with Crippen LogP contribution in [0.4, 0.5) is 0 Å². The first-order chi connectivity index (χ1) is 8.35. The van der Waals surface area contributed by atoms with Gasteiger partial charge in [-0.25, -0.2) is 0 Å². The lowest BCUT2D eigenvalue weighted by Crippen LogP contribution is -2.28. The molecule has 2 saturated heterocycles. The molecule has 2 aliphatic heterocycles. The zero-order chi connectivity index (χ0) is 11.7. The summed E-state index contributed by atoms with van der Waals surface area (Å²) in [6.45, 7) is 1.92. The Morgan fingerprint density at radius 3 is 3.06 bits per heavy atom. The van der Waals surface area contributed by atoms with E-state index in [4.69, 9.17) is 10.00 Å². The van der Waals surface area contributed by atoms with E-state index in [-0.39, 0.29) is 0 Å². The maximum Gasteiger partial charge on any atom is 0.110 e. The molecule has 4 heteroatoms. The van der Waals surface area contributed by atoms with E-state index in [9.17, 15) is 0 Å². The van der Waals surface area contributed by atoms with Crippen molar-refractivity contribution in [2.45, 2.75) is 38.0 Å². The van der Waals surface area contributed by atoms with Crippen molar-refractivity contribution in [2.75, 3.05) is 6.54 Å². The molecule has 0 aromatic carbocycles. The smallest absolute Gasteiger partial charge is 0.110 e. The van der Waals surface area contributed by atoms with E-state index in [2.05, 4.69) is 11.4 Å². The van der Waals surface area contributed by atoms with Crippen molar-refractivity contribution in [2.24, 2.45) is 5.92 Å². The second kappa shape index (κ2) is 4.77. The SMILES string of the molecule is N#Cc1ccc(CNCC2CC3CCC2O3)s1. The summed E-state index contributed by atoms with van der Waals surface area (Å²) < 4.78 is 5.83. The van der Waals surface area contributed by atoms with Crippen molar-refractivity contribution >= 4 is 11.3 Å². The number of nitrogens with one attached hydrogen (secondary N) is 1. The highest BCUT2D eigenvalue weighted by molar-refractivity contribution is 7.12. The van der Waals surface area contributed by atoms with Gasteiger partial charge >= 0.3 is 0 Å². The number of rotatable bonds is 4. The lowest BCUT2D eigenvalue weighted by Gasteiger charge is -2.18. The highest BCUT2D eigenvalue weighted by Gasteiger charge is 2.40. The maximum absolute atomic E-state index is 8.74. The highest BCUT2D eigenvalue weighted by Crippen LogP contribution is 2.38. The van der Waals surface area contributed by atoms with Crippen molar-refractivity contribution in [1.29, 1.82) is 5.26 Å². The van der Waals surface area contributed by atoms with Crippen LogP contribution in [0.15, 0.2) is 12.1 Å². The van der Waals surface area contributed by atoms with Crippen LogP contribution in [-0.2, 0) is 11.3 Å². The van der Waals surface area contributed by atoms with E-state index < -0.39 is 0 Å². The van der Waals surface area contributed by atoms with Crippen LogP contribution >= 0.6 is 11.3 Å². The summed E-state index contributed by atoms with van der Waals surface area (Å²) in [6.07, 6.45) is 4.78. The molecule has 3 unspecified atom stereocenters. The third kappa shape index (κ3) is 2.37. The molecule has 2 bridgehead atoms. The molecule has 3 nitrogen and oxygen atoms in total. The first kappa shape index (κ1) is 11.2. The van der Waals surface area contributed by atoms with Gasteiger partial charge in [-0.15, -0.1) is 11.3 Å². The average Bonchev–Trinajstić information content (AvgIpc) is 3.04. The number of fused-ring (bicyclic) bond motifs is 2. The van der Waals surface area contributed by atoms with Crippen LogP contribution in [0.3, 0.4) is 0 Å². The molecule has 2 aliphatic rings. The topological polar surface area (TPSA) is 45.0 Å². The van der Waals surface area contributed by atoms with E-state index in [0.717, 1.165) is 18.0 Å². The van der Waals surface area contributed by atoms with E-state index in [1.165, 1.54) is 24.1 Å². The predicted molar refractivity (Wildman–Crippen MR) is 66.7 cm³/mol. The van der Waals surface area contributed by atoms with Gasteiger partial charge in [0.1, 0.15) is 10.9 Å². The molecule has 1 N–H and O–H groups in total. The largest absolute Gasteiger partial charge is 0.375 e. The Kier molecular flexibility index (Phi) is 3.15. The van der Waals surface area contributed by atoms with Crippen LogP contribution in [0.25, 0.3) is 0 Å². The fraction of sp³-hybridized carbons (Fsp3) is 0.615. The fourth-order valence-electron chi connectivity index (χ4n) is 2.87. The maximum atomic E-state index is 8.74. The van der Waals surface area contributed by atoms with Gasteiger partial charge < -0.3 is 10.1 Å². The van der Waals surface area contributed by atoms with Crippen LogP contribution in [0.2, 0.25) is 0 Å². The molecular weight excluding hydrogens is 232 g/mol. The van der Waals surface area contributed by atoms with Crippen LogP contribution in [0, 0.1) is 17.2 Å². The molecule has 3 rings (SSSR count). The third-order valence-electron chi connectivity index (χ3n) is 3.71. The summed E-state index contributed by atoms with van der Waals surface area (Å²) >= 11 is 1.58. The Morgan fingerprint density at radius 2 is 2.41 bits per heavy atom. The molecule has 0 saturated carbocycles. The van der Waals surface area contributed by atoms with Gasteiger partial charge in [-0.05, 0) is 31.4 Å². The van der Waals surface area contributed by atoms with Crippen LogP contribution in [-0.4, -0.2) is 18.8 Å². The zero-order valence-electron chi connectivity index (χ0n) is 9.69. The third-order valence-corrected chi connectivity index (χ3v) is 4.70. The molecule has 0 radical (unpaired) electrons. The quantitative estimate of drug-likeness (QED) is 0.889. The van der Waals surface area contributed by atoms with E-state index in [1.807, 2.05) is 12.1 Å². The van der Waals surface area contributed by atoms with E-state index in [0.29, 0.717) is 18.1 Å². The zero-order valence-corrected chi connectivity index (χ0v) is 10.5. The Balaban J connectivity index is 1.45. The Bertz CT molecular complexity index is 437. The van der Waals surface area contributed by atoms with Crippen molar-refractivity contribution in [3.8, 4) is 6.07 Å². The van der Waals surface area contributed by atoms with Gasteiger partial charge in [-0.3, -0.25) is 0 Å². The van der Waals surface area contributed by atoms with Crippen LogP contribution in [0.5, 0.6) is 0 Å². The summed E-state index contributed by atoms with van der Waals surface area (Å²) in [5.74, 6) is 0.698. The second-order valence-electron chi connectivity index (χ2n) is 4.88. The summed E-state index contributed by atoms with van der Waals surface area (Å²) in [5.41, 5.74) is 0. The van der Waals surface area contributed by atoms with Crippen molar-refractivity contribution in [3.63, 3.8) is 0 Å². The number of thiophene rings is 1. The summed E-state index contributed by atoms with van der Waals surface area (Å²) in [7, 11) is 0. The second-order valence-corrected chi connectivity index (χ2v) is 6.05. The Hall–Kier alpha value is -0.890. The van der Waals surface area contributed by atoms with Crippen molar-refractivity contribution in [1.82, 2.24) is 5.32 Å². The van der Waals surface area contributed by atoms with E-state index >= 15 is 0 Å². The molecule has 0 amide bonds. The van der Waals surface area contributed by atoms with Crippen LogP contribution in [0.1, 0.15) is 29.0 Å². The van der Waals surface area contributed by atoms with Gasteiger partial charge in [0.15, 0.2) is 0 Å². The summed E-state index contributed by atoms with van der Waals surface area (Å²) in [4.78, 5) is 2.04. The fourth-order valence-corrected chi connectivity index (χ4v) is 3.65. The monoisotopic (exact) mass is 248 g/mol. The first-order valence-corrected chi connectivity index (χ1v) is 7.02. The lowest BCUT2D eigenvalue weighted by molar-refractivity contribution is 0.0924. The molecule has 1 aromatic rings. The number of hydrogen-bond donors (Lipinski definition) is 1.